The zero-order valence-corrected chi connectivity index (χ0v) is 19.5. The molecule has 1 saturated heterocycles. The van der Waals surface area contributed by atoms with Gasteiger partial charge in [0, 0.05) is 19.3 Å². The van der Waals surface area contributed by atoms with Gasteiger partial charge in [-0.3, -0.25) is 9.59 Å². The summed E-state index contributed by atoms with van der Waals surface area (Å²) in [6.45, 7) is 3.79. The summed E-state index contributed by atoms with van der Waals surface area (Å²) >= 11 is 0. The van der Waals surface area contributed by atoms with Crippen LogP contribution in [0.25, 0.3) is 0 Å². The average molecular weight is 483 g/mol. The molecular formula is C21H30N4O7S. The van der Waals surface area contributed by atoms with Gasteiger partial charge in [0.05, 0.1) is 12.1 Å². The van der Waals surface area contributed by atoms with E-state index in [2.05, 4.69) is 15.6 Å². The van der Waals surface area contributed by atoms with Crippen molar-refractivity contribution in [2.45, 2.75) is 56.3 Å². The molecule has 0 radical (unpaired) electrons. The van der Waals surface area contributed by atoms with Crippen LogP contribution in [0.4, 0.5) is 0 Å². The van der Waals surface area contributed by atoms with Gasteiger partial charge in [-0.1, -0.05) is 19.9 Å². The molecule has 1 aromatic heterocycles. The smallest absolute Gasteiger partial charge is 0.290 e. The van der Waals surface area contributed by atoms with Crippen LogP contribution in [0.3, 0.4) is 0 Å². The molecule has 0 bridgehead atoms. The Morgan fingerprint density at radius 1 is 1.33 bits per heavy atom. The summed E-state index contributed by atoms with van der Waals surface area (Å²) in [6.07, 6.45) is 2.64. The number of nitrogens with zero attached hydrogens (tertiary/aromatic N) is 2. The topological polar surface area (TPSA) is 147 Å². The number of β-amino-alcohol motifs (C(OH)–C–C–N with tert-alkyl or cyclic N) is 1. The van der Waals surface area contributed by atoms with Crippen LogP contribution in [0.15, 0.2) is 41.4 Å². The van der Waals surface area contributed by atoms with Crippen molar-refractivity contribution in [3.63, 3.8) is 0 Å². The monoisotopic (exact) mass is 482 g/mol. The van der Waals surface area contributed by atoms with E-state index in [0.717, 1.165) is 0 Å². The number of rotatable bonds is 8. The zero-order chi connectivity index (χ0) is 24.0. The van der Waals surface area contributed by atoms with E-state index in [-0.39, 0.29) is 36.6 Å². The lowest BCUT2D eigenvalue weighted by Crippen LogP contribution is -2.54. The molecule has 3 rings (SSSR count). The first-order chi connectivity index (χ1) is 15.7. The lowest BCUT2D eigenvalue weighted by atomic mass is 10.0. The number of pyridine rings is 1. The highest BCUT2D eigenvalue weighted by molar-refractivity contribution is 7.89. The quantitative estimate of drug-likeness (QED) is 0.472. The van der Waals surface area contributed by atoms with Gasteiger partial charge in [-0.15, -0.1) is 0 Å². The van der Waals surface area contributed by atoms with Gasteiger partial charge in [0.25, 0.3) is 15.9 Å². The molecule has 1 aromatic rings. The molecule has 0 saturated carbocycles. The fourth-order valence-electron chi connectivity index (χ4n) is 3.70. The van der Waals surface area contributed by atoms with Gasteiger partial charge in [-0.05, 0) is 37.3 Å². The first-order valence-corrected chi connectivity index (χ1v) is 12.3. The molecule has 3 atom stereocenters. The normalized spacial score (nSPS) is 22.5. The second-order valence-corrected chi connectivity index (χ2v) is 10.3. The Morgan fingerprint density at radius 2 is 2.12 bits per heavy atom. The molecule has 182 valence electrons. The summed E-state index contributed by atoms with van der Waals surface area (Å²) in [5.74, 6) is -0.931. The van der Waals surface area contributed by atoms with Gasteiger partial charge in [0.15, 0.2) is 5.03 Å². The maximum Gasteiger partial charge on any atom is 0.290 e. The molecular weight excluding hydrogens is 452 g/mol. The summed E-state index contributed by atoms with van der Waals surface area (Å²) in [4.78, 5) is 29.2. The highest BCUT2D eigenvalue weighted by Gasteiger charge is 2.35. The molecule has 0 aromatic carbocycles. The summed E-state index contributed by atoms with van der Waals surface area (Å²) < 4.78 is 36.9. The molecule has 2 amide bonds. The Labute approximate surface area is 193 Å². The Balaban J connectivity index is 1.66. The Hall–Kier alpha value is -2.70. The number of hydrogen-bond donors (Lipinski definition) is 3. The molecule has 0 aliphatic carbocycles. The number of aromatic nitrogens is 1. The minimum Gasteiger partial charge on any atom is -0.461 e. The first kappa shape index (κ1) is 24.9. The number of hydrogen-bond acceptors (Lipinski definition) is 8. The highest BCUT2D eigenvalue weighted by Crippen LogP contribution is 2.20. The van der Waals surface area contributed by atoms with Gasteiger partial charge in [0.1, 0.15) is 12.3 Å². The van der Waals surface area contributed by atoms with Crippen LogP contribution < -0.4 is 10.6 Å². The maximum atomic E-state index is 13.0. The van der Waals surface area contributed by atoms with Crippen molar-refractivity contribution in [1.29, 1.82) is 0 Å². The van der Waals surface area contributed by atoms with E-state index in [4.69, 9.17) is 9.47 Å². The summed E-state index contributed by atoms with van der Waals surface area (Å²) in [5.41, 5.74) is 0. The first-order valence-electron chi connectivity index (χ1n) is 10.8. The average Bonchev–Trinajstić information content (AvgIpc) is 3.26. The van der Waals surface area contributed by atoms with Crippen LogP contribution in [0, 0.1) is 5.92 Å². The summed E-state index contributed by atoms with van der Waals surface area (Å²) in [5, 5.41) is 16.1. The van der Waals surface area contributed by atoms with Crippen molar-refractivity contribution in [1.82, 2.24) is 19.9 Å². The SMILES string of the molecule is CC(C)C[C@H](NC(=O)C1=COCO1)C(=O)NC1CCCN(S(=O)(=O)c2ccccn2)CC1O. The third-order valence-corrected chi connectivity index (χ3v) is 7.15. The number of aliphatic hydroxyl groups excluding tert-OH is 1. The fourth-order valence-corrected chi connectivity index (χ4v) is 5.13. The largest absolute Gasteiger partial charge is 0.461 e. The minimum absolute atomic E-state index is 0.0126. The minimum atomic E-state index is -3.87. The molecule has 2 aliphatic rings. The number of carbonyl (C=O) groups excluding carboxylic acids is 2. The van der Waals surface area contributed by atoms with Crippen molar-refractivity contribution < 1.29 is 32.6 Å². The van der Waals surface area contributed by atoms with E-state index < -0.39 is 40.0 Å². The van der Waals surface area contributed by atoms with E-state index in [1.807, 2.05) is 13.8 Å². The van der Waals surface area contributed by atoms with Crippen LogP contribution in [0.2, 0.25) is 0 Å². The lowest BCUT2D eigenvalue weighted by Gasteiger charge is -2.27. The fraction of sp³-hybridized carbons (Fsp3) is 0.571. The molecule has 3 heterocycles. The summed E-state index contributed by atoms with van der Waals surface area (Å²) in [7, 11) is -3.87. The standard InChI is InChI=1S/C21H30N4O7S/c1-14(2)10-16(24-21(28)18-12-31-13-32-18)20(27)23-15-6-5-9-25(11-17(15)26)33(29,30)19-7-3-4-8-22-19/h3-4,7-8,12,14-17,26H,5-6,9-11,13H2,1-2H3,(H,23,27)(H,24,28)/t15?,16-,17?/m0/s1. The maximum absolute atomic E-state index is 13.0. The van der Waals surface area contributed by atoms with Crippen LogP contribution in [-0.4, -0.2) is 72.7 Å². The van der Waals surface area contributed by atoms with E-state index >= 15 is 0 Å². The molecule has 12 heteroatoms. The third-order valence-electron chi connectivity index (χ3n) is 5.37. The van der Waals surface area contributed by atoms with Crippen LogP contribution in [0.5, 0.6) is 0 Å². The van der Waals surface area contributed by atoms with Gasteiger partial charge in [-0.25, -0.2) is 13.4 Å². The van der Waals surface area contributed by atoms with Crippen molar-refractivity contribution in [3.05, 3.63) is 36.4 Å². The van der Waals surface area contributed by atoms with Gasteiger partial charge < -0.3 is 25.2 Å². The number of amides is 2. The predicted molar refractivity (Wildman–Crippen MR) is 117 cm³/mol. The Morgan fingerprint density at radius 3 is 2.76 bits per heavy atom. The van der Waals surface area contributed by atoms with Gasteiger partial charge in [0.2, 0.25) is 18.5 Å². The predicted octanol–water partition coefficient (Wildman–Crippen LogP) is 0.0884. The second-order valence-electron chi connectivity index (χ2n) is 8.42. The Kier molecular flexibility index (Phi) is 8.27. The van der Waals surface area contributed by atoms with Crippen LogP contribution in [0.1, 0.15) is 33.1 Å². The third kappa shape index (κ3) is 6.42. The molecule has 0 spiro atoms. The van der Waals surface area contributed by atoms with Gasteiger partial charge in [-0.2, -0.15) is 4.31 Å². The van der Waals surface area contributed by atoms with Gasteiger partial charge >= 0.3 is 0 Å². The van der Waals surface area contributed by atoms with E-state index in [9.17, 15) is 23.1 Å². The Bertz CT molecular complexity index is 968. The van der Waals surface area contributed by atoms with E-state index in [0.29, 0.717) is 19.3 Å². The number of sulfonamides is 1. The summed E-state index contributed by atoms with van der Waals surface area (Å²) in [6, 6.07) is 3.08. The number of ether oxygens (including phenoxy) is 2. The van der Waals surface area contributed by atoms with Crippen LogP contribution in [-0.2, 0) is 29.1 Å². The van der Waals surface area contributed by atoms with Crippen LogP contribution >= 0.6 is 0 Å². The molecule has 33 heavy (non-hydrogen) atoms. The highest BCUT2D eigenvalue weighted by atomic mass is 32.2. The zero-order valence-electron chi connectivity index (χ0n) is 18.6. The lowest BCUT2D eigenvalue weighted by molar-refractivity contribution is -0.130. The van der Waals surface area contributed by atoms with E-state index in [1.165, 1.54) is 22.8 Å². The number of aliphatic hydroxyl groups is 1. The van der Waals surface area contributed by atoms with Crippen molar-refractivity contribution in [2.75, 3.05) is 19.9 Å². The molecule has 2 aliphatic heterocycles. The number of carbonyl (C=O) groups is 2. The molecule has 1 fully saturated rings. The van der Waals surface area contributed by atoms with Crippen molar-refractivity contribution in [3.8, 4) is 0 Å². The van der Waals surface area contributed by atoms with Crippen molar-refractivity contribution >= 4 is 21.8 Å². The van der Waals surface area contributed by atoms with Crippen molar-refractivity contribution in [2.24, 2.45) is 5.92 Å². The number of nitrogens with one attached hydrogen (secondary N) is 2. The second kappa shape index (κ2) is 10.9. The molecule has 3 N–H and O–H groups in total. The molecule has 11 nitrogen and oxygen atoms in total. The molecule has 2 unspecified atom stereocenters. The van der Waals surface area contributed by atoms with E-state index in [1.54, 1.807) is 12.1 Å².